The van der Waals surface area contributed by atoms with Gasteiger partial charge in [0.05, 0.1) is 0 Å². The van der Waals surface area contributed by atoms with Crippen LogP contribution in [0.25, 0.3) is 0 Å². The molecule has 0 aromatic rings. The third-order valence-electron chi connectivity index (χ3n) is 2.65. The highest BCUT2D eigenvalue weighted by Crippen LogP contribution is 2.24. The lowest BCUT2D eigenvalue weighted by Crippen LogP contribution is -2.27. The molecule has 0 aromatic carbocycles. The summed E-state index contributed by atoms with van der Waals surface area (Å²) in [7, 11) is 0. The molecule has 1 nitrogen and oxygen atoms in total. The van der Waals surface area contributed by atoms with Gasteiger partial charge in [-0.1, -0.05) is 52.8 Å². The molecule has 0 aliphatic carbocycles. The average Bonchev–Trinajstić information content (AvgIpc) is 2.39. The highest BCUT2D eigenvalue weighted by atomic mass is 15.1. The normalized spacial score (nSPS) is 23.1. The predicted molar refractivity (Wildman–Crippen MR) is 69.9 cm³/mol. The number of hydrogen-bond donors (Lipinski definition) is 0. The van der Waals surface area contributed by atoms with E-state index in [1.165, 1.54) is 6.42 Å². The van der Waals surface area contributed by atoms with Crippen LogP contribution in [0.5, 0.6) is 0 Å². The van der Waals surface area contributed by atoms with Crippen molar-refractivity contribution < 1.29 is 0 Å². The number of likely N-dealkylation sites (N-methyl/N-ethyl adjacent to an activating group) is 1. The Hall–Kier alpha value is -0.720. The van der Waals surface area contributed by atoms with Crippen LogP contribution in [0.3, 0.4) is 0 Å². The largest absolute Gasteiger partial charge is 0.372 e. The number of nitrogens with zero attached hydrogens (tertiary/aromatic N) is 1. The fourth-order valence-electron chi connectivity index (χ4n) is 1.63. The Morgan fingerprint density at radius 2 is 1.73 bits per heavy atom. The van der Waals surface area contributed by atoms with Gasteiger partial charge in [-0.25, -0.2) is 0 Å². The summed E-state index contributed by atoms with van der Waals surface area (Å²) in [6, 6.07) is 0.586. The van der Waals surface area contributed by atoms with Gasteiger partial charge in [-0.15, -0.1) is 0 Å². The van der Waals surface area contributed by atoms with Crippen LogP contribution in [0.2, 0.25) is 0 Å². The third-order valence-corrected chi connectivity index (χ3v) is 2.65. The first kappa shape index (κ1) is 14.3. The Kier molecular flexibility index (Phi) is 6.38. The molecule has 88 valence electrons. The van der Waals surface area contributed by atoms with Crippen LogP contribution in [-0.4, -0.2) is 17.5 Å². The fourth-order valence-corrected chi connectivity index (χ4v) is 1.63. The van der Waals surface area contributed by atoms with Gasteiger partial charge in [0.1, 0.15) is 0 Å². The summed E-state index contributed by atoms with van der Waals surface area (Å²) < 4.78 is 0. The summed E-state index contributed by atoms with van der Waals surface area (Å²) >= 11 is 0. The highest BCUT2D eigenvalue weighted by Gasteiger charge is 2.16. The van der Waals surface area contributed by atoms with Crippen molar-refractivity contribution in [3.8, 4) is 0 Å². The first-order chi connectivity index (χ1) is 7.09. The lowest BCUT2D eigenvalue weighted by atomic mass is 9.93. The molecule has 1 heterocycles. The second-order valence-corrected chi connectivity index (χ2v) is 4.30. The molecule has 0 saturated heterocycles. The maximum absolute atomic E-state index is 2.39. The van der Waals surface area contributed by atoms with Gasteiger partial charge in [0.25, 0.3) is 0 Å². The second kappa shape index (κ2) is 6.71. The maximum Gasteiger partial charge on any atom is 0.0464 e. The molecule has 0 fully saturated rings. The quantitative estimate of drug-likeness (QED) is 0.615. The molecule has 0 N–H and O–H groups in total. The van der Waals surface area contributed by atoms with Crippen LogP contribution in [-0.2, 0) is 0 Å². The molecule has 1 rings (SSSR count). The van der Waals surface area contributed by atoms with Crippen molar-refractivity contribution >= 4 is 0 Å². The van der Waals surface area contributed by atoms with E-state index in [-0.39, 0.29) is 5.41 Å². The summed E-state index contributed by atoms with van der Waals surface area (Å²) in [5, 5.41) is 0. The van der Waals surface area contributed by atoms with Crippen LogP contribution in [0.15, 0.2) is 24.4 Å². The van der Waals surface area contributed by atoms with E-state index in [2.05, 4.69) is 57.0 Å². The van der Waals surface area contributed by atoms with E-state index in [0.717, 1.165) is 6.54 Å². The molecule has 1 aliphatic rings. The Morgan fingerprint density at radius 1 is 1.13 bits per heavy atom. The maximum atomic E-state index is 2.39. The minimum atomic E-state index is 0.220. The Balaban J connectivity index is 0.000000921. The van der Waals surface area contributed by atoms with Gasteiger partial charge in [0.15, 0.2) is 0 Å². The van der Waals surface area contributed by atoms with E-state index in [1.54, 1.807) is 0 Å². The number of rotatable bonds is 2. The molecule has 0 aromatic heterocycles. The fraction of sp³-hybridized carbons (Fsp3) is 0.714. The molecule has 0 spiro atoms. The van der Waals surface area contributed by atoms with Crippen molar-refractivity contribution in [2.45, 2.75) is 54.0 Å². The van der Waals surface area contributed by atoms with Crippen LogP contribution in [0.1, 0.15) is 48.0 Å². The summed E-state index contributed by atoms with van der Waals surface area (Å²) in [6.07, 6.45) is 10.4. The minimum Gasteiger partial charge on any atom is -0.372 e. The molecule has 0 bridgehead atoms. The highest BCUT2D eigenvalue weighted by molar-refractivity contribution is 5.14. The minimum absolute atomic E-state index is 0.220. The van der Waals surface area contributed by atoms with E-state index in [4.69, 9.17) is 0 Å². The van der Waals surface area contributed by atoms with Crippen molar-refractivity contribution in [3.05, 3.63) is 24.4 Å². The number of allylic oxidation sites excluding steroid dienone is 2. The van der Waals surface area contributed by atoms with Gasteiger partial charge in [-0.3, -0.25) is 0 Å². The van der Waals surface area contributed by atoms with E-state index in [9.17, 15) is 0 Å². The van der Waals surface area contributed by atoms with E-state index in [0.29, 0.717) is 6.04 Å². The SMILES string of the molecule is CC.CCC1C=CC(C)(C)C=CN1CC. The van der Waals surface area contributed by atoms with Gasteiger partial charge in [-0.2, -0.15) is 0 Å². The second-order valence-electron chi connectivity index (χ2n) is 4.30. The van der Waals surface area contributed by atoms with Crippen molar-refractivity contribution in [2.24, 2.45) is 5.41 Å². The van der Waals surface area contributed by atoms with Gasteiger partial charge >= 0.3 is 0 Å². The Bertz CT molecular complexity index is 191. The molecule has 1 aliphatic heterocycles. The van der Waals surface area contributed by atoms with E-state index < -0.39 is 0 Å². The smallest absolute Gasteiger partial charge is 0.0464 e. The predicted octanol–water partition coefficient (Wildman–Crippen LogP) is 4.22. The number of hydrogen-bond acceptors (Lipinski definition) is 1. The lowest BCUT2D eigenvalue weighted by Gasteiger charge is -2.25. The average molecular weight is 209 g/mol. The van der Waals surface area contributed by atoms with Gasteiger partial charge in [0.2, 0.25) is 0 Å². The molecule has 0 radical (unpaired) electrons. The molecule has 0 amide bonds. The molecule has 1 heteroatoms. The van der Waals surface area contributed by atoms with E-state index in [1.807, 2.05) is 13.8 Å². The van der Waals surface area contributed by atoms with Crippen molar-refractivity contribution in [2.75, 3.05) is 6.54 Å². The summed E-state index contributed by atoms with van der Waals surface area (Å²) in [5.41, 5.74) is 0.220. The third kappa shape index (κ3) is 4.55. The monoisotopic (exact) mass is 209 g/mol. The van der Waals surface area contributed by atoms with Crippen molar-refractivity contribution in [3.63, 3.8) is 0 Å². The van der Waals surface area contributed by atoms with Crippen LogP contribution >= 0.6 is 0 Å². The standard InChI is InChI=1S/C12H21N.C2H6/c1-5-11-7-8-12(3,4)9-10-13(11)6-2;1-2/h7-11H,5-6H2,1-4H3;1-2H3. The van der Waals surface area contributed by atoms with Crippen LogP contribution < -0.4 is 0 Å². The first-order valence-electron chi connectivity index (χ1n) is 6.23. The zero-order chi connectivity index (χ0) is 11.9. The van der Waals surface area contributed by atoms with Gasteiger partial charge < -0.3 is 4.90 Å². The molecule has 0 saturated carbocycles. The molecule has 15 heavy (non-hydrogen) atoms. The van der Waals surface area contributed by atoms with Crippen LogP contribution in [0, 0.1) is 5.41 Å². The molecular formula is C14H27N. The molecular weight excluding hydrogens is 182 g/mol. The summed E-state index contributed by atoms with van der Waals surface area (Å²) in [5.74, 6) is 0. The summed E-state index contributed by atoms with van der Waals surface area (Å²) in [4.78, 5) is 2.39. The Morgan fingerprint density at radius 3 is 2.20 bits per heavy atom. The van der Waals surface area contributed by atoms with Gasteiger partial charge in [0, 0.05) is 18.0 Å². The first-order valence-corrected chi connectivity index (χ1v) is 6.23. The molecule has 1 atom stereocenters. The van der Waals surface area contributed by atoms with Crippen molar-refractivity contribution in [1.82, 2.24) is 4.90 Å². The van der Waals surface area contributed by atoms with Gasteiger partial charge in [-0.05, 0) is 19.5 Å². The van der Waals surface area contributed by atoms with Crippen LogP contribution in [0.4, 0.5) is 0 Å². The lowest BCUT2D eigenvalue weighted by molar-refractivity contribution is 0.329. The molecule has 1 unspecified atom stereocenters. The van der Waals surface area contributed by atoms with Crippen molar-refractivity contribution in [1.29, 1.82) is 0 Å². The zero-order valence-corrected chi connectivity index (χ0v) is 11.2. The Labute approximate surface area is 95.9 Å². The zero-order valence-electron chi connectivity index (χ0n) is 11.2. The van der Waals surface area contributed by atoms with E-state index >= 15 is 0 Å². The summed E-state index contributed by atoms with van der Waals surface area (Å²) in [6.45, 7) is 14.0. The topological polar surface area (TPSA) is 3.24 Å².